The molecule has 3 aliphatic heterocycles. The lowest BCUT2D eigenvalue weighted by atomic mass is 9.79. The Labute approximate surface area is 129 Å². The number of nitrogens with zero attached hydrogens (tertiary/aromatic N) is 2. The summed E-state index contributed by atoms with van der Waals surface area (Å²) >= 11 is 0. The normalized spacial score (nSPS) is 30.6. The third-order valence-electron chi connectivity index (χ3n) is 5.36. The van der Waals surface area contributed by atoms with Crippen LogP contribution in [-0.4, -0.2) is 41.0 Å². The molecule has 0 spiro atoms. The Morgan fingerprint density at radius 2 is 2.18 bits per heavy atom. The van der Waals surface area contributed by atoms with Gasteiger partial charge in [0.05, 0.1) is 12.5 Å². The number of piperidine rings is 3. The van der Waals surface area contributed by atoms with Gasteiger partial charge in [0.1, 0.15) is 5.69 Å². The highest BCUT2D eigenvalue weighted by Gasteiger charge is 2.40. The van der Waals surface area contributed by atoms with Crippen molar-refractivity contribution in [1.82, 2.24) is 15.2 Å². The van der Waals surface area contributed by atoms with Crippen LogP contribution in [0.15, 0.2) is 22.9 Å². The number of carbonyl (C=O) groups is 1. The van der Waals surface area contributed by atoms with Crippen LogP contribution in [0.4, 0.5) is 0 Å². The van der Waals surface area contributed by atoms with E-state index in [2.05, 4.69) is 22.1 Å². The second-order valence-corrected chi connectivity index (χ2v) is 6.60. The van der Waals surface area contributed by atoms with Gasteiger partial charge in [-0.05, 0) is 57.3 Å². The fraction of sp³-hybridized carbons (Fsp3) is 0.529. The van der Waals surface area contributed by atoms with Crippen molar-refractivity contribution in [2.24, 2.45) is 5.92 Å². The SMILES string of the molecule is Cc1coc2cnc(C(=O)NC3C4CCN(CC4)[C@H]3C)cc12. The minimum absolute atomic E-state index is 0.0758. The van der Waals surface area contributed by atoms with Crippen molar-refractivity contribution in [3.63, 3.8) is 0 Å². The lowest BCUT2D eigenvalue weighted by molar-refractivity contribution is 0.0216. The predicted molar refractivity (Wildman–Crippen MR) is 83.8 cm³/mol. The summed E-state index contributed by atoms with van der Waals surface area (Å²) in [6.45, 7) is 6.52. The van der Waals surface area contributed by atoms with Crippen LogP contribution < -0.4 is 5.32 Å². The summed E-state index contributed by atoms with van der Waals surface area (Å²) in [4.78, 5) is 19.3. The van der Waals surface area contributed by atoms with Gasteiger partial charge in [-0.3, -0.25) is 9.69 Å². The number of carbonyl (C=O) groups excluding carboxylic acids is 1. The van der Waals surface area contributed by atoms with E-state index in [1.165, 1.54) is 12.8 Å². The van der Waals surface area contributed by atoms with Gasteiger partial charge in [-0.25, -0.2) is 4.98 Å². The number of nitrogens with one attached hydrogen (secondary N) is 1. The van der Waals surface area contributed by atoms with Gasteiger partial charge in [-0.1, -0.05) is 0 Å². The molecule has 2 atom stereocenters. The summed E-state index contributed by atoms with van der Waals surface area (Å²) in [5.74, 6) is 0.524. The molecule has 0 aromatic carbocycles. The van der Waals surface area contributed by atoms with Gasteiger partial charge in [0.2, 0.25) is 0 Å². The van der Waals surface area contributed by atoms with E-state index in [1.54, 1.807) is 12.5 Å². The summed E-state index contributed by atoms with van der Waals surface area (Å²) in [5, 5.41) is 4.18. The first-order chi connectivity index (χ1) is 10.6. The first-order valence-corrected chi connectivity index (χ1v) is 8.02. The van der Waals surface area contributed by atoms with Crippen LogP contribution in [0.1, 0.15) is 35.8 Å². The highest BCUT2D eigenvalue weighted by atomic mass is 16.3. The van der Waals surface area contributed by atoms with Crippen molar-refractivity contribution in [2.45, 2.75) is 38.8 Å². The fourth-order valence-electron chi connectivity index (χ4n) is 3.96. The lowest BCUT2D eigenvalue weighted by Crippen LogP contribution is -2.62. The van der Waals surface area contributed by atoms with Gasteiger partial charge >= 0.3 is 0 Å². The van der Waals surface area contributed by atoms with Crippen molar-refractivity contribution in [3.05, 3.63) is 29.8 Å². The van der Waals surface area contributed by atoms with Crippen molar-refractivity contribution >= 4 is 16.9 Å². The number of hydrogen-bond acceptors (Lipinski definition) is 4. The molecule has 5 rings (SSSR count). The third kappa shape index (κ3) is 2.11. The first-order valence-electron chi connectivity index (χ1n) is 8.02. The number of rotatable bonds is 2. The first kappa shape index (κ1) is 13.8. The summed E-state index contributed by atoms with van der Waals surface area (Å²) in [7, 11) is 0. The minimum atomic E-state index is -0.0758. The molecular weight excluding hydrogens is 278 g/mol. The van der Waals surface area contributed by atoms with Crippen LogP contribution in [0.25, 0.3) is 11.0 Å². The standard InChI is InChI=1S/C17H21N3O2/c1-10-9-22-15-8-18-14(7-13(10)15)17(21)19-16-11(2)20-5-3-12(16)4-6-20/h7-9,11-12,16H,3-6H2,1-2H3,(H,19,21)/t11-,16?/m0/s1. The molecule has 3 aliphatic rings. The summed E-state index contributed by atoms with van der Waals surface area (Å²) < 4.78 is 5.39. The van der Waals surface area contributed by atoms with E-state index in [4.69, 9.17) is 4.42 Å². The molecule has 2 aromatic rings. The number of hydrogen-bond donors (Lipinski definition) is 1. The van der Waals surface area contributed by atoms with E-state index in [1.807, 2.05) is 13.0 Å². The van der Waals surface area contributed by atoms with Crippen molar-refractivity contribution in [3.8, 4) is 0 Å². The van der Waals surface area contributed by atoms with E-state index in [-0.39, 0.29) is 11.9 Å². The third-order valence-corrected chi connectivity index (χ3v) is 5.36. The largest absolute Gasteiger partial charge is 0.462 e. The molecule has 3 fully saturated rings. The molecule has 116 valence electrons. The molecular formula is C17H21N3O2. The van der Waals surface area contributed by atoms with Crippen LogP contribution in [0.3, 0.4) is 0 Å². The maximum absolute atomic E-state index is 12.6. The molecule has 3 saturated heterocycles. The second kappa shape index (κ2) is 5.09. The Balaban J connectivity index is 1.57. The molecule has 5 nitrogen and oxygen atoms in total. The molecule has 2 bridgehead atoms. The predicted octanol–water partition coefficient (Wildman–Crippen LogP) is 2.35. The van der Waals surface area contributed by atoms with Gasteiger partial charge in [0.15, 0.2) is 5.58 Å². The lowest BCUT2D eigenvalue weighted by Gasteiger charge is -2.49. The zero-order valence-corrected chi connectivity index (χ0v) is 13.0. The van der Waals surface area contributed by atoms with Crippen LogP contribution in [0.5, 0.6) is 0 Å². The van der Waals surface area contributed by atoms with Crippen LogP contribution in [-0.2, 0) is 0 Å². The van der Waals surface area contributed by atoms with Crippen molar-refractivity contribution < 1.29 is 9.21 Å². The van der Waals surface area contributed by atoms with E-state index in [0.29, 0.717) is 17.7 Å². The van der Waals surface area contributed by atoms with E-state index in [9.17, 15) is 4.79 Å². The number of aromatic nitrogens is 1. The molecule has 2 aromatic heterocycles. The average molecular weight is 299 g/mol. The number of aryl methyl sites for hydroxylation is 1. The zero-order chi connectivity index (χ0) is 15.3. The number of pyridine rings is 1. The zero-order valence-electron chi connectivity index (χ0n) is 13.0. The van der Waals surface area contributed by atoms with Gasteiger partial charge in [-0.2, -0.15) is 0 Å². The quantitative estimate of drug-likeness (QED) is 0.925. The van der Waals surface area contributed by atoms with Gasteiger partial charge < -0.3 is 9.73 Å². The Hall–Kier alpha value is -1.88. The topological polar surface area (TPSA) is 58.4 Å². The molecule has 1 amide bonds. The van der Waals surface area contributed by atoms with Crippen molar-refractivity contribution in [2.75, 3.05) is 13.1 Å². The van der Waals surface area contributed by atoms with Crippen LogP contribution >= 0.6 is 0 Å². The molecule has 22 heavy (non-hydrogen) atoms. The van der Waals surface area contributed by atoms with E-state index < -0.39 is 0 Å². The molecule has 1 unspecified atom stereocenters. The fourth-order valence-corrected chi connectivity index (χ4v) is 3.96. The van der Waals surface area contributed by atoms with Gasteiger partial charge in [0, 0.05) is 17.5 Å². The molecule has 0 aliphatic carbocycles. The Kier molecular flexibility index (Phi) is 3.18. The highest BCUT2D eigenvalue weighted by Crippen LogP contribution is 2.32. The maximum Gasteiger partial charge on any atom is 0.270 e. The van der Waals surface area contributed by atoms with Gasteiger partial charge in [-0.15, -0.1) is 0 Å². The number of fused-ring (bicyclic) bond motifs is 4. The highest BCUT2D eigenvalue weighted by molar-refractivity contribution is 5.96. The van der Waals surface area contributed by atoms with Crippen molar-refractivity contribution in [1.29, 1.82) is 0 Å². The molecule has 0 saturated carbocycles. The summed E-state index contributed by atoms with van der Waals surface area (Å²) in [5.41, 5.74) is 2.23. The van der Waals surface area contributed by atoms with Crippen LogP contribution in [0.2, 0.25) is 0 Å². The molecule has 0 radical (unpaired) electrons. The van der Waals surface area contributed by atoms with Gasteiger partial charge in [0.25, 0.3) is 5.91 Å². The number of furan rings is 1. The molecule has 1 N–H and O–H groups in total. The number of amides is 1. The van der Waals surface area contributed by atoms with E-state index in [0.717, 1.165) is 29.6 Å². The van der Waals surface area contributed by atoms with E-state index >= 15 is 0 Å². The Bertz CT molecular complexity index is 714. The Morgan fingerprint density at radius 3 is 2.91 bits per heavy atom. The monoisotopic (exact) mass is 299 g/mol. The molecule has 5 heteroatoms. The average Bonchev–Trinajstić information content (AvgIpc) is 2.92. The van der Waals surface area contributed by atoms with Crippen LogP contribution in [0, 0.1) is 12.8 Å². The maximum atomic E-state index is 12.6. The Morgan fingerprint density at radius 1 is 1.41 bits per heavy atom. The summed E-state index contributed by atoms with van der Waals surface area (Å²) in [6.07, 6.45) is 5.70. The smallest absolute Gasteiger partial charge is 0.270 e. The summed E-state index contributed by atoms with van der Waals surface area (Å²) in [6, 6.07) is 2.48. The minimum Gasteiger partial charge on any atom is -0.462 e. The molecule has 5 heterocycles. The second-order valence-electron chi connectivity index (χ2n) is 6.60.